The van der Waals surface area contributed by atoms with E-state index in [0.29, 0.717) is 5.95 Å². The van der Waals surface area contributed by atoms with Crippen molar-refractivity contribution < 1.29 is 0 Å². The van der Waals surface area contributed by atoms with Crippen molar-refractivity contribution in [2.75, 3.05) is 30.4 Å². The van der Waals surface area contributed by atoms with Gasteiger partial charge in [0.25, 0.3) is 0 Å². The van der Waals surface area contributed by atoms with E-state index < -0.39 is 0 Å². The van der Waals surface area contributed by atoms with Crippen molar-refractivity contribution in [2.24, 2.45) is 0 Å². The Labute approximate surface area is 109 Å². The number of rotatable bonds is 5. The minimum atomic E-state index is 0.691. The molecule has 100 valence electrons. The molecule has 1 N–H and O–H groups in total. The summed E-state index contributed by atoms with van der Waals surface area (Å²) < 4.78 is 0. The molecule has 1 saturated heterocycles. The van der Waals surface area contributed by atoms with Crippen molar-refractivity contribution >= 4 is 11.9 Å². The van der Waals surface area contributed by atoms with Gasteiger partial charge in [-0.1, -0.05) is 13.3 Å². The molecule has 0 amide bonds. The van der Waals surface area contributed by atoms with Crippen LogP contribution in [0.4, 0.5) is 11.9 Å². The summed E-state index contributed by atoms with van der Waals surface area (Å²) in [4.78, 5) is 15.8. The van der Waals surface area contributed by atoms with Crippen LogP contribution in [0.5, 0.6) is 0 Å². The van der Waals surface area contributed by atoms with Crippen LogP contribution in [0.2, 0.25) is 0 Å². The van der Waals surface area contributed by atoms with E-state index >= 15 is 0 Å². The topological polar surface area (TPSA) is 53.9 Å². The molecule has 1 aliphatic heterocycles. The standard InChI is InChI=1S/C13H23N5/c1-3-4-8-11-15-12(14-2)17-13(16-11)18-9-6-5-7-10-18/h3-10H2,1-2H3,(H,14,15,16,17). The van der Waals surface area contributed by atoms with E-state index in [0.717, 1.165) is 37.7 Å². The van der Waals surface area contributed by atoms with Crippen LogP contribution in [0.3, 0.4) is 0 Å². The molecule has 0 spiro atoms. The molecule has 0 aromatic carbocycles. The third kappa shape index (κ3) is 3.31. The molecule has 1 aromatic heterocycles. The van der Waals surface area contributed by atoms with Crippen molar-refractivity contribution in [3.8, 4) is 0 Å². The number of anilines is 2. The molecule has 0 atom stereocenters. The number of aromatic nitrogens is 3. The van der Waals surface area contributed by atoms with E-state index in [1.54, 1.807) is 0 Å². The Morgan fingerprint density at radius 2 is 1.89 bits per heavy atom. The zero-order valence-electron chi connectivity index (χ0n) is 11.4. The smallest absolute Gasteiger partial charge is 0.230 e. The maximum atomic E-state index is 4.61. The number of nitrogens with one attached hydrogen (secondary N) is 1. The number of piperidine rings is 1. The highest BCUT2D eigenvalue weighted by molar-refractivity contribution is 5.37. The molecular weight excluding hydrogens is 226 g/mol. The number of aryl methyl sites for hydroxylation is 1. The molecule has 5 heteroatoms. The highest BCUT2D eigenvalue weighted by atomic mass is 15.3. The third-order valence-electron chi connectivity index (χ3n) is 3.29. The lowest BCUT2D eigenvalue weighted by molar-refractivity contribution is 0.565. The first-order chi connectivity index (χ1) is 8.83. The monoisotopic (exact) mass is 249 g/mol. The predicted molar refractivity (Wildman–Crippen MR) is 74.0 cm³/mol. The van der Waals surface area contributed by atoms with Gasteiger partial charge in [0.05, 0.1) is 0 Å². The lowest BCUT2D eigenvalue weighted by Gasteiger charge is -2.26. The van der Waals surface area contributed by atoms with Crippen LogP contribution >= 0.6 is 0 Å². The van der Waals surface area contributed by atoms with Crippen molar-refractivity contribution in [2.45, 2.75) is 45.4 Å². The van der Waals surface area contributed by atoms with Gasteiger partial charge in [0.1, 0.15) is 5.82 Å². The Kier molecular flexibility index (Phi) is 4.73. The van der Waals surface area contributed by atoms with E-state index in [-0.39, 0.29) is 0 Å². The van der Waals surface area contributed by atoms with Gasteiger partial charge in [-0.2, -0.15) is 15.0 Å². The Morgan fingerprint density at radius 3 is 2.56 bits per heavy atom. The molecule has 0 bridgehead atoms. The molecule has 0 saturated carbocycles. The second-order valence-corrected chi connectivity index (χ2v) is 4.78. The largest absolute Gasteiger partial charge is 0.357 e. The van der Waals surface area contributed by atoms with Crippen LogP contribution in [0.25, 0.3) is 0 Å². The number of hydrogen-bond donors (Lipinski definition) is 1. The van der Waals surface area contributed by atoms with Crippen LogP contribution < -0.4 is 10.2 Å². The normalized spacial score (nSPS) is 15.8. The molecule has 1 fully saturated rings. The molecule has 2 heterocycles. The predicted octanol–water partition coefficient (Wildman–Crippen LogP) is 2.25. The van der Waals surface area contributed by atoms with Gasteiger partial charge in [-0.25, -0.2) is 0 Å². The number of unbranched alkanes of at least 4 members (excludes halogenated alkanes) is 1. The van der Waals surface area contributed by atoms with Crippen molar-refractivity contribution in [1.82, 2.24) is 15.0 Å². The molecule has 1 aromatic rings. The number of nitrogens with zero attached hydrogens (tertiary/aromatic N) is 4. The zero-order valence-corrected chi connectivity index (χ0v) is 11.4. The van der Waals surface area contributed by atoms with Gasteiger partial charge in [-0.3, -0.25) is 0 Å². The molecule has 18 heavy (non-hydrogen) atoms. The van der Waals surface area contributed by atoms with Crippen molar-refractivity contribution in [1.29, 1.82) is 0 Å². The van der Waals surface area contributed by atoms with Gasteiger partial charge in [0.15, 0.2) is 0 Å². The minimum absolute atomic E-state index is 0.691. The Hall–Kier alpha value is -1.39. The van der Waals surface area contributed by atoms with E-state index in [2.05, 4.69) is 32.1 Å². The van der Waals surface area contributed by atoms with Gasteiger partial charge in [-0.15, -0.1) is 0 Å². The SMILES string of the molecule is CCCCc1nc(NC)nc(N2CCCCC2)n1. The minimum Gasteiger partial charge on any atom is -0.357 e. The van der Waals surface area contributed by atoms with E-state index in [4.69, 9.17) is 0 Å². The quantitative estimate of drug-likeness (QED) is 0.867. The molecule has 0 unspecified atom stereocenters. The molecule has 5 nitrogen and oxygen atoms in total. The van der Waals surface area contributed by atoms with Crippen LogP contribution in [-0.2, 0) is 6.42 Å². The van der Waals surface area contributed by atoms with Crippen molar-refractivity contribution in [3.05, 3.63) is 5.82 Å². The maximum absolute atomic E-state index is 4.61. The molecular formula is C13H23N5. The second kappa shape index (κ2) is 6.52. The fraction of sp³-hybridized carbons (Fsp3) is 0.769. The Bertz CT molecular complexity index is 374. The van der Waals surface area contributed by atoms with Crippen LogP contribution in [-0.4, -0.2) is 35.1 Å². The lowest BCUT2D eigenvalue weighted by atomic mass is 10.1. The van der Waals surface area contributed by atoms with Crippen LogP contribution in [0, 0.1) is 0 Å². The van der Waals surface area contributed by atoms with Crippen molar-refractivity contribution in [3.63, 3.8) is 0 Å². The summed E-state index contributed by atoms with van der Waals surface area (Å²) in [6.45, 7) is 4.33. The van der Waals surface area contributed by atoms with Crippen LogP contribution in [0.15, 0.2) is 0 Å². The average Bonchev–Trinajstić information content (AvgIpc) is 2.45. The Morgan fingerprint density at radius 1 is 1.11 bits per heavy atom. The lowest BCUT2D eigenvalue weighted by Crippen LogP contribution is -2.31. The first-order valence-corrected chi connectivity index (χ1v) is 7.01. The molecule has 1 aliphatic rings. The summed E-state index contributed by atoms with van der Waals surface area (Å²) in [5.74, 6) is 2.45. The van der Waals surface area contributed by atoms with E-state index in [9.17, 15) is 0 Å². The van der Waals surface area contributed by atoms with E-state index in [1.807, 2.05) is 7.05 Å². The summed E-state index contributed by atoms with van der Waals surface area (Å²) in [6, 6.07) is 0. The Balaban J connectivity index is 2.16. The highest BCUT2D eigenvalue weighted by Crippen LogP contribution is 2.17. The van der Waals surface area contributed by atoms with Gasteiger partial charge in [0, 0.05) is 26.6 Å². The van der Waals surface area contributed by atoms with Gasteiger partial charge < -0.3 is 10.2 Å². The molecule has 0 radical (unpaired) electrons. The summed E-state index contributed by atoms with van der Waals surface area (Å²) in [6.07, 6.45) is 7.04. The highest BCUT2D eigenvalue weighted by Gasteiger charge is 2.15. The molecule has 2 rings (SSSR count). The van der Waals surface area contributed by atoms with Gasteiger partial charge >= 0.3 is 0 Å². The fourth-order valence-electron chi connectivity index (χ4n) is 2.20. The maximum Gasteiger partial charge on any atom is 0.230 e. The molecule has 0 aliphatic carbocycles. The number of hydrogen-bond acceptors (Lipinski definition) is 5. The second-order valence-electron chi connectivity index (χ2n) is 4.78. The first kappa shape index (κ1) is 13.1. The van der Waals surface area contributed by atoms with Gasteiger partial charge in [-0.05, 0) is 25.7 Å². The zero-order chi connectivity index (χ0) is 12.8. The average molecular weight is 249 g/mol. The summed E-state index contributed by atoms with van der Waals surface area (Å²) in [7, 11) is 1.86. The van der Waals surface area contributed by atoms with Gasteiger partial charge in [0.2, 0.25) is 11.9 Å². The third-order valence-corrected chi connectivity index (χ3v) is 3.29. The first-order valence-electron chi connectivity index (χ1n) is 7.01. The fourth-order valence-corrected chi connectivity index (χ4v) is 2.20. The summed E-state index contributed by atoms with van der Waals surface area (Å²) in [5, 5.41) is 3.03. The van der Waals surface area contributed by atoms with Crippen LogP contribution in [0.1, 0.15) is 44.9 Å². The summed E-state index contributed by atoms with van der Waals surface area (Å²) >= 11 is 0. The summed E-state index contributed by atoms with van der Waals surface area (Å²) in [5.41, 5.74) is 0. The van der Waals surface area contributed by atoms with E-state index in [1.165, 1.54) is 25.7 Å².